The molecule has 0 aromatic heterocycles. The standard InChI is InChI=1S/C14H31N3/c1-3-15-9-5-4-6-10-16(2)13-14-17-11-7-8-12-17/h15H,3-14H2,1-2H3. The molecule has 0 aliphatic carbocycles. The van der Waals surface area contributed by atoms with Crippen LogP contribution in [-0.2, 0) is 0 Å². The Balaban J connectivity index is 1.85. The number of nitrogens with one attached hydrogen (secondary N) is 1. The maximum absolute atomic E-state index is 3.38. The van der Waals surface area contributed by atoms with Gasteiger partial charge in [-0.05, 0) is 65.5 Å². The number of hydrogen-bond donors (Lipinski definition) is 1. The molecule has 0 unspecified atom stereocenters. The number of nitrogens with zero attached hydrogens (tertiary/aromatic N) is 2. The van der Waals surface area contributed by atoms with E-state index in [4.69, 9.17) is 0 Å². The first-order valence-corrected chi connectivity index (χ1v) is 7.44. The summed E-state index contributed by atoms with van der Waals surface area (Å²) in [6, 6.07) is 0. The summed E-state index contributed by atoms with van der Waals surface area (Å²) in [6.07, 6.45) is 6.86. The van der Waals surface area contributed by atoms with Gasteiger partial charge in [0.15, 0.2) is 0 Å². The Morgan fingerprint density at radius 2 is 1.82 bits per heavy atom. The van der Waals surface area contributed by atoms with Gasteiger partial charge in [0.1, 0.15) is 0 Å². The first kappa shape index (κ1) is 14.9. The van der Waals surface area contributed by atoms with E-state index < -0.39 is 0 Å². The van der Waals surface area contributed by atoms with Gasteiger partial charge in [0.25, 0.3) is 0 Å². The summed E-state index contributed by atoms with van der Waals surface area (Å²) >= 11 is 0. The molecule has 1 saturated heterocycles. The zero-order chi connectivity index (χ0) is 12.3. The second kappa shape index (κ2) is 9.86. The summed E-state index contributed by atoms with van der Waals surface area (Å²) in [4.78, 5) is 5.09. The van der Waals surface area contributed by atoms with E-state index in [1.165, 1.54) is 71.4 Å². The van der Waals surface area contributed by atoms with Crippen molar-refractivity contribution in [2.45, 2.75) is 39.0 Å². The van der Waals surface area contributed by atoms with Crippen molar-refractivity contribution in [2.75, 3.05) is 52.9 Å². The SMILES string of the molecule is CCNCCCCCN(C)CCN1CCCC1. The van der Waals surface area contributed by atoms with E-state index in [0.717, 1.165) is 6.54 Å². The van der Waals surface area contributed by atoms with Gasteiger partial charge in [-0.3, -0.25) is 0 Å². The molecule has 1 rings (SSSR count). The minimum Gasteiger partial charge on any atom is -0.317 e. The van der Waals surface area contributed by atoms with Gasteiger partial charge in [0.2, 0.25) is 0 Å². The first-order chi connectivity index (χ1) is 8.33. The van der Waals surface area contributed by atoms with Crippen molar-refractivity contribution in [3.8, 4) is 0 Å². The van der Waals surface area contributed by atoms with E-state index >= 15 is 0 Å². The van der Waals surface area contributed by atoms with Crippen LogP contribution in [0.15, 0.2) is 0 Å². The molecule has 0 amide bonds. The monoisotopic (exact) mass is 241 g/mol. The van der Waals surface area contributed by atoms with Crippen molar-refractivity contribution >= 4 is 0 Å². The van der Waals surface area contributed by atoms with Gasteiger partial charge in [-0.1, -0.05) is 13.3 Å². The van der Waals surface area contributed by atoms with Crippen LogP contribution in [0.2, 0.25) is 0 Å². The molecule has 1 N–H and O–H groups in total. The summed E-state index contributed by atoms with van der Waals surface area (Å²) < 4.78 is 0. The molecule has 17 heavy (non-hydrogen) atoms. The minimum absolute atomic E-state index is 1.11. The van der Waals surface area contributed by atoms with Crippen molar-refractivity contribution in [2.24, 2.45) is 0 Å². The number of unbranched alkanes of at least 4 members (excludes halogenated alkanes) is 2. The lowest BCUT2D eigenvalue weighted by Crippen LogP contribution is -2.32. The van der Waals surface area contributed by atoms with Crippen LogP contribution in [-0.4, -0.2) is 62.7 Å². The van der Waals surface area contributed by atoms with Gasteiger partial charge in [-0.15, -0.1) is 0 Å². The second-order valence-electron chi connectivity index (χ2n) is 5.27. The molecule has 0 spiro atoms. The molecule has 0 aromatic carbocycles. The summed E-state index contributed by atoms with van der Waals surface area (Å²) in [5, 5.41) is 3.38. The summed E-state index contributed by atoms with van der Waals surface area (Å²) in [5.41, 5.74) is 0. The van der Waals surface area contributed by atoms with Crippen molar-refractivity contribution in [1.82, 2.24) is 15.1 Å². The number of likely N-dealkylation sites (tertiary alicyclic amines) is 1. The fourth-order valence-electron chi connectivity index (χ4n) is 2.42. The van der Waals surface area contributed by atoms with Gasteiger partial charge < -0.3 is 15.1 Å². The molecule has 0 saturated carbocycles. The van der Waals surface area contributed by atoms with Crippen LogP contribution in [0.1, 0.15) is 39.0 Å². The maximum Gasteiger partial charge on any atom is 0.0109 e. The van der Waals surface area contributed by atoms with Crippen molar-refractivity contribution in [3.63, 3.8) is 0 Å². The number of rotatable bonds is 10. The summed E-state index contributed by atoms with van der Waals surface area (Å²) in [6.45, 7) is 10.9. The van der Waals surface area contributed by atoms with E-state index in [2.05, 4.69) is 29.1 Å². The topological polar surface area (TPSA) is 18.5 Å². The average Bonchev–Trinajstić information content (AvgIpc) is 2.84. The van der Waals surface area contributed by atoms with E-state index in [0.29, 0.717) is 0 Å². The Morgan fingerprint density at radius 1 is 1.06 bits per heavy atom. The number of hydrogen-bond acceptors (Lipinski definition) is 3. The van der Waals surface area contributed by atoms with Gasteiger partial charge in [-0.2, -0.15) is 0 Å². The number of likely N-dealkylation sites (N-methyl/N-ethyl adjacent to an activating group) is 1. The van der Waals surface area contributed by atoms with Crippen LogP contribution < -0.4 is 5.32 Å². The highest BCUT2D eigenvalue weighted by molar-refractivity contribution is 4.67. The second-order valence-corrected chi connectivity index (χ2v) is 5.27. The normalized spacial score (nSPS) is 17.1. The Kier molecular flexibility index (Phi) is 8.67. The van der Waals surface area contributed by atoms with Crippen LogP contribution in [0.4, 0.5) is 0 Å². The zero-order valence-electron chi connectivity index (χ0n) is 11.9. The lowest BCUT2D eigenvalue weighted by Gasteiger charge is -2.21. The predicted molar refractivity (Wildman–Crippen MR) is 75.6 cm³/mol. The maximum atomic E-state index is 3.38. The third-order valence-electron chi connectivity index (χ3n) is 3.64. The van der Waals surface area contributed by atoms with Crippen LogP contribution in [0, 0.1) is 0 Å². The molecule has 1 aliphatic rings. The Morgan fingerprint density at radius 3 is 2.53 bits per heavy atom. The van der Waals surface area contributed by atoms with Crippen molar-refractivity contribution in [3.05, 3.63) is 0 Å². The van der Waals surface area contributed by atoms with Crippen LogP contribution in [0.25, 0.3) is 0 Å². The van der Waals surface area contributed by atoms with Crippen molar-refractivity contribution in [1.29, 1.82) is 0 Å². The summed E-state index contributed by atoms with van der Waals surface area (Å²) in [5.74, 6) is 0. The largest absolute Gasteiger partial charge is 0.317 e. The van der Waals surface area contributed by atoms with Crippen molar-refractivity contribution < 1.29 is 0 Å². The fourth-order valence-corrected chi connectivity index (χ4v) is 2.42. The van der Waals surface area contributed by atoms with E-state index in [1.54, 1.807) is 0 Å². The molecule has 1 heterocycles. The first-order valence-electron chi connectivity index (χ1n) is 7.44. The molecule has 1 aliphatic heterocycles. The summed E-state index contributed by atoms with van der Waals surface area (Å²) in [7, 11) is 2.26. The molecular formula is C14H31N3. The molecule has 0 aromatic rings. The van der Waals surface area contributed by atoms with Crippen LogP contribution >= 0.6 is 0 Å². The Labute approximate surface area is 108 Å². The fraction of sp³-hybridized carbons (Fsp3) is 1.00. The van der Waals surface area contributed by atoms with Gasteiger partial charge >= 0.3 is 0 Å². The Bertz CT molecular complexity index is 167. The van der Waals surface area contributed by atoms with Gasteiger partial charge in [0.05, 0.1) is 0 Å². The third-order valence-corrected chi connectivity index (χ3v) is 3.64. The average molecular weight is 241 g/mol. The predicted octanol–water partition coefficient (Wildman–Crippen LogP) is 1.79. The van der Waals surface area contributed by atoms with E-state index in [9.17, 15) is 0 Å². The molecule has 1 fully saturated rings. The molecule has 3 nitrogen and oxygen atoms in total. The molecular weight excluding hydrogens is 210 g/mol. The zero-order valence-corrected chi connectivity index (χ0v) is 11.9. The Hall–Kier alpha value is -0.120. The molecule has 3 heteroatoms. The highest BCUT2D eigenvalue weighted by atomic mass is 15.2. The highest BCUT2D eigenvalue weighted by Gasteiger charge is 2.11. The smallest absolute Gasteiger partial charge is 0.0109 e. The minimum atomic E-state index is 1.11. The third kappa shape index (κ3) is 7.74. The molecule has 0 atom stereocenters. The molecule has 102 valence electrons. The van der Waals surface area contributed by atoms with Crippen LogP contribution in [0.5, 0.6) is 0 Å². The molecule has 0 radical (unpaired) electrons. The van der Waals surface area contributed by atoms with Crippen LogP contribution in [0.3, 0.4) is 0 Å². The van der Waals surface area contributed by atoms with E-state index in [-0.39, 0.29) is 0 Å². The molecule has 0 bridgehead atoms. The lowest BCUT2D eigenvalue weighted by atomic mass is 10.2. The van der Waals surface area contributed by atoms with Gasteiger partial charge in [0, 0.05) is 13.1 Å². The quantitative estimate of drug-likeness (QED) is 0.588. The highest BCUT2D eigenvalue weighted by Crippen LogP contribution is 2.06. The van der Waals surface area contributed by atoms with Gasteiger partial charge in [-0.25, -0.2) is 0 Å². The lowest BCUT2D eigenvalue weighted by molar-refractivity contribution is 0.253. The van der Waals surface area contributed by atoms with E-state index in [1.807, 2.05) is 0 Å².